The lowest BCUT2D eigenvalue weighted by Gasteiger charge is -2.35. The SMILES string of the molecule is CCn1nc(C)c2nc(N)n(C3(C)CCOCC3)c21. The number of nitrogen functional groups attached to an aromatic ring is 1. The van der Waals surface area contributed by atoms with Crippen LogP contribution in [0.2, 0.25) is 0 Å². The van der Waals surface area contributed by atoms with Gasteiger partial charge in [-0.1, -0.05) is 0 Å². The second-order valence-electron chi connectivity index (χ2n) is 5.49. The molecule has 2 N–H and O–H groups in total. The van der Waals surface area contributed by atoms with E-state index < -0.39 is 0 Å². The average molecular weight is 263 g/mol. The van der Waals surface area contributed by atoms with Crippen LogP contribution < -0.4 is 5.73 Å². The van der Waals surface area contributed by atoms with E-state index in [1.165, 1.54) is 0 Å². The van der Waals surface area contributed by atoms with E-state index in [1.54, 1.807) is 0 Å². The molecule has 1 aliphatic heterocycles. The van der Waals surface area contributed by atoms with Crippen molar-refractivity contribution in [1.82, 2.24) is 19.3 Å². The maximum Gasteiger partial charge on any atom is 0.203 e. The van der Waals surface area contributed by atoms with Crippen molar-refractivity contribution >= 4 is 17.1 Å². The minimum atomic E-state index is -0.0313. The lowest BCUT2D eigenvalue weighted by Crippen LogP contribution is -2.37. The second kappa shape index (κ2) is 4.23. The van der Waals surface area contributed by atoms with Crippen LogP contribution >= 0.6 is 0 Å². The van der Waals surface area contributed by atoms with Crippen LogP contribution in [0, 0.1) is 6.92 Å². The number of hydrogen-bond donors (Lipinski definition) is 1. The summed E-state index contributed by atoms with van der Waals surface area (Å²) in [6.07, 6.45) is 1.91. The summed E-state index contributed by atoms with van der Waals surface area (Å²) < 4.78 is 9.64. The summed E-state index contributed by atoms with van der Waals surface area (Å²) in [4.78, 5) is 4.52. The third kappa shape index (κ3) is 1.74. The third-order valence-corrected chi connectivity index (χ3v) is 4.15. The van der Waals surface area contributed by atoms with Gasteiger partial charge in [-0.2, -0.15) is 5.10 Å². The first kappa shape index (κ1) is 12.5. The Morgan fingerprint density at radius 1 is 1.37 bits per heavy atom. The molecule has 19 heavy (non-hydrogen) atoms. The van der Waals surface area contributed by atoms with Gasteiger partial charge in [0.05, 0.1) is 11.2 Å². The Bertz CT molecular complexity index is 606. The highest BCUT2D eigenvalue weighted by atomic mass is 16.5. The molecule has 0 bridgehead atoms. The van der Waals surface area contributed by atoms with Gasteiger partial charge < -0.3 is 10.5 Å². The molecule has 1 fully saturated rings. The quantitative estimate of drug-likeness (QED) is 0.894. The molecular weight excluding hydrogens is 242 g/mol. The number of ether oxygens (including phenoxy) is 1. The highest BCUT2D eigenvalue weighted by molar-refractivity contribution is 5.78. The molecular formula is C13H21N5O. The molecule has 0 spiro atoms. The number of nitrogens with two attached hydrogens (primary N) is 1. The number of hydrogen-bond acceptors (Lipinski definition) is 4. The Morgan fingerprint density at radius 3 is 2.68 bits per heavy atom. The normalized spacial score (nSPS) is 19.1. The summed E-state index contributed by atoms with van der Waals surface area (Å²) >= 11 is 0. The number of aromatic nitrogens is 4. The van der Waals surface area contributed by atoms with Crippen LogP contribution in [-0.2, 0) is 16.8 Å². The maximum atomic E-state index is 6.18. The lowest BCUT2D eigenvalue weighted by molar-refractivity contribution is 0.0316. The summed E-state index contributed by atoms with van der Waals surface area (Å²) in [7, 11) is 0. The summed E-state index contributed by atoms with van der Waals surface area (Å²) in [5.74, 6) is 0.585. The molecule has 2 aromatic heterocycles. The predicted molar refractivity (Wildman–Crippen MR) is 74.0 cm³/mol. The Labute approximate surface area is 112 Å². The van der Waals surface area contributed by atoms with Gasteiger partial charge in [0.2, 0.25) is 5.95 Å². The van der Waals surface area contributed by atoms with Crippen LogP contribution in [0.4, 0.5) is 5.95 Å². The monoisotopic (exact) mass is 263 g/mol. The molecule has 0 amide bonds. The van der Waals surface area contributed by atoms with Gasteiger partial charge in [-0.15, -0.1) is 0 Å². The highest BCUT2D eigenvalue weighted by Crippen LogP contribution is 2.35. The maximum absolute atomic E-state index is 6.18. The van der Waals surface area contributed by atoms with Crippen LogP contribution in [0.5, 0.6) is 0 Å². The highest BCUT2D eigenvalue weighted by Gasteiger charge is 2.34. The summed E-state index contributed by atoms with van der Waals surface area (Å²) in [5, 5.41) is 4.54. The van der Waals surface area contributed by atoms with Crippen LogP contribution in [0.15, 0.2) is 0 Å². The van der Waals surface area contributed by atoms with E-state index >= 15 is 0 Å². The van der Waals surface area contributed by atoms with Crippen molar-refractivity contribution in [2.24, 2.45) is 0 Å². The zero-order valence-corrected chi connectivity index (χ0v) is 11.8. The first-order valence-corrected chi connectivity index (χ1v) is 6.86. The van der Waals surface area contributed by atoms with Crippen molar-refractivity contribution in [3.05, 3.63) is 5.69 Å². The third-order valence-electron chi connectivity index (χ3n) is 4.15. The Hall–Kier alpha value is -1.56. The minimum Gasteiger partial charge on any atom is -0.381 e. The smallest absolute Gasteiger partial charge is 0.203 e. The van der Waals surface area contributed by atoms with Gasteiger partial charge in [0.25, 0.3) is 0 Å². The van der Waals surface area contributed by atoms with Crippen LogP contribution in [0.25, 0.3) is 11.2 Å². The molecule has 0 atom stereocenters. The van der Waals surface area contributed by atoms with Gasteiger partial charge >= 0.3 is 0 Å². The molecule has 2 aromatic rings. The summed E-state index contributed by atoms with van der Waals surface area (Å²) in [5.41, 5.74) is 9.05. The molecule has 104 valence electrons. The van der Waals surface area contributed by atoms with E-state index in [-0.39, 0.29) is 5.54 Å². The van der Waals surface area contributed by atoms with E-state index in [0.29, 0.717) is 5.95 Å². The second-order valence-corrected chi connectivity index (χ2v) is 5.49. The van der Waals surface area contributed by atoms with Crippen molar-refractivity contribution in [2.75, 3.05) is 18.9 Å². The number of fused-ring (bicyclic) bond motifs is 1. The Morgan fingerprint density at radius 2 is 2.05 bits per heavy atom. The van der Waals surface area contributed by atoms with Crippen molar-refractivity contribution in [3.8, 4) is 0 Å². The van der Waals surface area contributed by atoms with Crippen molar-refractivity contribution < 1.29 is 4.74 Å². The molecule has 0 aromatic carbocycles. The molecule has 6 heteroatoms. The summed E-state index contributed by atoms with van der Waals surface area (Å²) in [6, 6.07) is 0. The molecule has 3 heterocycles. The number of rotatable bonds is 2. The van der Waals surface area contributed by atoms with Gasteiger partial charge in [0, 0.05) is 19.8 Å². The Balaban J connectivity index is 2.24. The van der Waals surface area contributed by atoms with Gasteiger partial charge in [0.1, 0.15) is 5.52 Å². The Kier molecular flexibility index (Phi) is 2.78. The predicted octanol–water partition coefficient (Wildman–Crippen LogP) is 1.67. The molecule has 0 radical (unpaired) electrons. The standard InChI is InChI=1S/C13H21N5O/c1-4-17-11-10(9(2)16-17)15-12(14)18(11)13(3)5-7-19-8-6-13/h4-8H2,1-3H3,(H2,14,15). The molecule has 0 unspecified atom stereocenters. The molecule has 1 saturated heterocycles. The number of nitrogens with zero attached hydrogens (tertiary/aromatic N) is 4. The van der Waals surface area contributed by atoms with Gasteiger partial charge in [-0.25, -0.2) is 9.67 Å². The number of anilines is 1. The largest absolute Gasteiger partial charge is 0.381 e. The average Bonchev–Trinajstić information content (AvgIpc) is 2.87. The van der Waals surface area contributed by atoms with Gasteiger partial charge in [-0.05, 0) is 33.6 Å². The number of imidazole rings is 1. The van der Waals surface area contributed by atoms with Gasteiger partial charge in [0.15, 0.2) is 5.65 Å². The zero-order chi connectivity index (χ0) is 13.6. The molecule has 6 nitrogen and oxygen atoms in total. The minimum absolute atomic E-state index is 0.0313. The molecule has 0 saturated carbocycles. The first-order valence-electron chi connectivity index (χ1n) is 6.86. The van der Waals surface area contributed by atoms with E-state index in [0.717, 1.165) is 49.5 Å². The summed E-state index contributed by atoms with van der Waals surface area (Å²) in [6.45, 7) is 8.67. The van der Waals surface area contributed by atoms with E-state index in [1.807, 2.05) is 11.6 Å². The van der Waals surface area contributed by atoms with E-state index in [2.05, 4.69) is 28.5 Å². The van der Waals surface area contributed by atoms with Crippen LogP contribution in [0.3, 0.4) is 0 Å². The molecule has 1 aliphatic rings. The first-order chi connectivity index (χ1) is 9.07. The topological polar surface area (TPSA) is 70.9 Å². The zero-order valence-electron chi connectivity index (χ0n) is 11.8. The van der Waals surface area contributed by atoms with E-state index in [4.69, 9.17) is 10.5 Å². The fourth-order valence-corrected chi connectivity index (χ4v) is 2.97. The lowest BCUT2D eigenvalue weighted by atomic mass is 9.92. The fraction of sp³-hybridized carbons (Fsp3) is 0.692. The number of aryl methyl sites for hydroxylation is 2. The van der Waals surface area contributed by atoms with Crippen LogP contribution in [-0.4, -0.2) is 32.5 Å². The van der Waals surface area contributed by atoms with Crippen molar-refractivity contribution in [1.29, 1.82) is 0 Å². The van der Waals surface area contributed by atoms with Gasteiger partial charge in [-0.3, -0.25) is 4.57 Å². The van der Waals surface area contributed by atoms with Crippen LogP contribution in [0.1, 0.15) is 32.4 Å². The molecule has 3 rings (SSSR count). The van der Waals surface area contributed by atoms with Crippen molar-refractivity contribution in [3.63, 3.8) is 0 Å². The molecule has 0 aliphatic carbocycles. The van der Waals surface area contributed by atoms with E-state index in [9.17, 15) is 0 Å². The fourth-order valence-electron chi connectivity index (χ4n) is 2.97. The van der Waals surface area contributed by atoms with Crippen molar-refractivity contribution in [2.45, 2.75) is 45.7 Å².